The van der Waals surface area contributed by atoms with Gasteiger partial charge in [-0.2, -0.15) is 0 Å². The van der Waals surface area contributed by atoms with Crippen molar-refractivity contribution in [1.82, 2.24) is 19.9 Å². The van der Waals surface area contributed by atoms with Crippen LogP contribution >= 0.6 is 11.6 Å². The highest BCUT2D eigenvalue weighted by atomic mass is 35.5. The van der Waals surface area contributed by atoms with Crippen molar-refractivity contribution in [2.45, 2.75) is 6.92 Å². The highest BCUT2D eigenvalue weighted by Gasteiger charge is 2.13. The molecule has 0 aliphatic carbocycles. The van der Waals surface area contributed by atoms with Crippen LogP contribution in [0.4, 0.5) is 4.39 Å². The fraction of sp³-hybridized carbons (Fsp3) is 0.0400. The van der Waals surface area contributed by atoms with Crippen LogP contribution in [0.1, 0.15) is 5.69 Å². The molecule has 3 heterocycles. The van der Waals surface area contributed by atoms with Gasteiger partial charge in [-0.15, -0.1) is 0 Å². The predicted molar refractivity (Wildman–Crippen MR) is 122 cm³/mol. The van der Waals surface area contributed by atoms with Crippen LogP contribution < -0.4 is 4.74 Å². The predicted octanol–water partition coefficient (Wildman–Crippen LogP) is 6.65. The fourth-order valence-corrected chi connectivity index (χ4v) is 3.60. The molecule has 2 aromatic carbocycles. The molecule has 0 saturated carbocycles. The zero-order valence-corrected chi connectivity index (χ0v) is 17.7. The van der Waals surface area contributed by atoms with Crippen LogP contribution in [-0.2, 0) is 0 Å². The maximum atomic E-state index is 13.7. The molecule has 5 aromatic rings. The van der Waals surface area contributed by atoms with E-state index in [-0.39, 0.29) is 5.02 Å². The van der Waals surface area contributed by atoms with Gasteiger partial charge < -0.3 is 4.74 Å². The molecule has 0 spiro atoms. The molecule has 0 amide bonds. The number of ether oxygens (including phenoxy) is 1. The first-order valence-electron chi connectivity index (χ1n) is 9.84. The molecule has 0 bridgehead atoms. The molecule has 156 valence electrons. The zero-order valence-electron chi connectivity index (χ0n) is 17.0. The minimum absolute atomic E-state index is 0.0495. The van der Waals surface area contributed by atoms with Gasteiger partial charge in [0.1, 0.15) is 17.9 Å². The summed E-state index contributed by atoms with van der Waals surface area (Å²) in [7, 11) is 0. The average Bonchev–Trinajstić information content (AvgIpc) is 2.82. The number of rotatable bonds is 4. The summed E-state index contributed by atoms with van der Waals surface area (Å²) >= 11 is 6.01. The molecule has 5 nitrogen and oxygen atoms in total. The summed E-state index contributed by atoms with van der Waals surface area (Å²) in [5.74, 6) is 0.546. The summed E-state index contributed by atoms with van der Waals surface area (Å²) < 4.78 is 19.7. The molecule has 0 fully saturated rings. The summed E-state index contributed by atoms with van der Waals surface area (Å²) in [5.41, 5.74) is 4.81. The average molecular weight is 443 g/mol. The fourth-order valence-electron chi connectivity index (χ4n) is 3.42. The van der Waals surface area contributed by atoms with Gasteiger partial charge in [0.2, 0.25) is 5.88 Å². The molecule has 0 saturated heterocycles. The number of hydrogen-bond donors (Lipinski definition) is 0. The largest absolute Gasteiger partial charge is 0.437 e. The van der Waals surface area contributed by atoms with Crippen LogP contribution in [0.3, 0.4) is 0 Å². The van der Waals surface area contributed by atoms with Gasteiger partial charge in [0.15, 0.2) is 0 Å². The second-order valence-electron chi connectivity index (χ2n) is 7.18. The Kier molecular flexibility index (Phi) is 5.21. The Bertz CT molecular complexity index is 1440. The first kappa shape index (κ1) is 20.0. The lowest BCUT2D eigenvalue weighted by molar-refractivity contribution is 0.465. The normalized spacial score (nSPS) is 11.0. The van der Waals surface area contributed by atoms with E-state index in [1.807, 2.05) is 49.4 Å². The van der Waals surface area contributed by atoms with Gasteiger partial charge >= 0.3 is 0 Å². The number of benzene rings is 2. The van der Waals surface area contributed by atoms with Crippen molar-refractivity contribution in [2.75, 3.05) is 0 Å². The summed E-state index contributed by atoms with van der Waals surface area (Å²) in [4.78, 5) is 17.5. The minimum atomic E-state index is -0.469. The van der Waals surface area contributed by atoms with Crippen molar-refractivity contribution in [3.63, 3.8) is 0 Å². The van der Waals surface area contributed by atoms with E-state index in [1.165, 1.54) is 12.4 Å². The quantitative estimate of drug-likeness (QED) is 0.312. The minimum Gasteiger partial charge on any atom is -0.437 e. The van der Waals surface area contributed by atoms with Crippen molar-refractivity contribution in [1.29, 1.82) is 0 Å². The summed E-state index contributed by atoms with van der Waals surface area (Å²) in [6.07, 6.45) is 4.82. The van der Waals surface area contributed by atoms with Crippen LogP contribution in [-0.4, -0.2) is 19.9 Å². The maximum Gasteiger partial charge on any atom is 0.230 e. The highest BCUT2D eigenvalue weighted by Crippen LogP contribution is 2.35. The Morgan fingerprint density at radius 1 is 0.875 bits per heavy atom. The molecule has 0 aliphatic rings. The third-order valence-corrected chi connectivity index (χ3v) is 5.30. The number of nitrogens with zero attached hydrogens (tertiary/aromatic N) is 4. The summed E-state index contributed by atoms with van der Waals surface area (Å²) in [5, 5.41) is 0.797. The van der Waals surface area contributed by atoms with Gasteiger partial charge in [-0.05, 0) is 61.0 Å². The van der Waals surface area contributed by atoms with Crippen molar-refractivity contribution >= 4 is 22.5 Å². The molecule has 7 heteroatoms. The van der Waals surface area contributed by atoms with E-state index < -0.39 is 5.82 Å². The third kappa shape index (κ3) is 3.88. The molecule has 0 unspecified atom stereocenters. The topological polar surface area (TPSA) is 60.8 Å². The van der Waals surface area contributed by atoms with Crippen molar-refractivity contribution in [3.8, 4) is 34.0 Å². The van der Waals surface area contributed by atoms with Gasteiger partial charge in [0.05, 0.1) is 27.8 Å². The van der Waals surface area contributed by atoms with E-state index in [0.717, 1.165) is 33.3 Å². The van der Waals surface area contributed by atoms with E-state index in [4.69, 9.17) is 16.3 Å². The van der Waals surface area contributed by atoms with Crippen LogP contribution in [0.15, 0.2) is 79.4 Å². The lowest BCUT2D eigenvalue weighted by Crippen LogP contribution is -1.94. The van der Waals surface area contributed by atoms with E-state index in [9.17, 15) is 4.39 Å². The molecule has 3 aromatic heterocycles. The van der Waals surface area contributed by atoms with Crippen molar-refractivity contribution in [2.24, 2.45) is 0 Å². The summed E-state index contributed by atoms with van der Waals surface area (Å²) in [6.45, 7) is 1.91. The molecule has 0 atom stereocenters. The van der Waals surface area contributed by atoms with Crippen molar-refractivity contribution in [3.05, 3.63) is 95.9 Å². The Morgan fingerprint density at radius 3 is 2.56 bits per heavy atom. The maximum absolute atomic E-state index is 13.7. The first-order valence-corrected chi connectivity index (χ1v) is 10.2. The van der Waals surface area contributed by atoms with Gasteiger partial charge in [-0.3, -0.25) is 9.97 Å². The molecule has 5 rings (SSSR count). The summed E-state index contributed by atoms with van der Waals surface area (Å²) in [6, 6.07) is 17.9. The highest BCUT2D eigenvalue weighted by molar-refractivity contribution is 6.31. The molecular formula is C25H16ClFN4O. The number of pyridine rings is 2. The van der Waals surface area contributed by atoms with Crippen LogP contribution in [0.2, 0.25) is 5.02 Å². The zero-order chi connectivity index (χ0) is 22.1. The van der Waals surface area contributed by atoms with Gasteiger partial charge in [-0.25, -0.2) is 14.4 Å². The van der Waals surface area contributed by atoms with Gasteiger partial charge in [-0.1, -0.05) is 23.7 Å². The molecule has 32 heavy (non-hydrogen) atoms. The van der Waals surface area contributed by atoms with Gasteiger partial charge in [0, 0.05) is 23.0 Å². The molecule has 0 aliphatic heterocycles. The smallest absolute Gasteiger partial charge is 0.230 e. The number of aromatic nitrogens is 4. The number of halogens is 2. The monoisotopic (exact) mass is 442 g/mol. The lowest BCUT2D eigenvalue weighted by atomic mass is 9.98. The van der Waals surface area contributed by atoms with E-state index in [0.29, 0.717) is 17.3 Å². The van der Waals surface area contributed by atoms with Gasteiger partial charge in [0.25, 0.3) is 0 Å². The second-order valence-corrected chi connectivity index (χ2v) is 7.58. The number of aryl methyl sites for hydroxylation is 1. The Balaban J connectivity index is 1.61. The Hall–Kier alpha value is -3.90. The standard InChI is InChI=1S/C25H16ClFN4O/c1-15-4-7-18(13-29-15)32-25-20-11-16(6-9-23(20)30-14-31-25)19-3-2-10-28-24(19)17-5-8-22(27)21(26)12-17/h2-14H,1H3. The van der Waals surface area contributed by atoms with Crippen LogP contribution in [0.5, 0.6) is 11.6 Å². The SMILES string of the molecule is Cc1ccc(Oc2ncnc3ccc(-c4cccnc4-c4ccc(F)c(Cl)c4)cc23)cn1. The second kappa shape index (κ2) is 8.32. The van der Waals surface area contributed by atoms with Crippen LogP contribution in [0.25, 0.3) is 33.3 Å². The number of hydrogen-bond acceptors (Lipinski definition) is 5. The third-order valence-electron chi connectivity index (χ3n) is 5.01. The first-order chi connectivity index (χ1) is 15.6. The lowest BCUT2D eigenvalue weighted by Gasteiger charge is -2.12. The molecule has 0 N–H and O–H groups in total. The molecular weight excluding hydrogens is 427 g/mol. The van der Waals surface area contributed by atoms with Crippen LogP contribution in [0, 0.1) is 12.7 Å². The van der Waals surface area contributed by atoms with E-state index >= 15 is 0 Å². The Labute approximate surface area is 188 Å². The van der Waals surface area contributed by atoms with Crippen molar-refractivity contribution < 1.29 is 9.13 Å². The number of fused-ring (bicyclic) bond motifs is 1. The molecule has 0 radical (unpaired) electrons. The Morgan fingerprint density at radius 2 is 1.75 bits per heavy atom. The van der Waals surface area contributed by atoms with E-state index in [1.54, 1.807) is 24.5 Å². The van der Waals surface area contributed by atoms with E-state index in [2.05, 4.69) is 19.9 Å².